The summed E-state index contributed by atoms with van der Waals surface area (Å²) in [5.74, 6) is 0.898. The van der Waals surface area contributed by atoms with Gasteiger partial charge in [-0.05, 0) is 39.5 Å². The second-order valence-corrected chi connectivity index (χ2v) is 7.65. The minimum absolute atomic E-state index is 0. The Morgan fingerprint density at radius 3 is 2.48 bits per heavy atom. The van der Waals surface area contributed by atoms with Crippen molar-refractivity contribution >= 4 is 41.3 Å². The first-order chi connectivity index (χ1) is 10.7. The molecule has 2 heterocycles. The highest BCUT2D eigenvalue weighted by atomic mass is 127. The standard InChI is InChI=1S/C16H27N5S.HI/c1-11-12(2)22-15(19-11)10-18-16(17-3)20-13-6-8-21(9-7-13)14-4-5-14;/h13-14H,4-10H2,1-3H3,(H2,17,18,20);1H. The molecule has 2 aliphatic rings. The highest BCUT2D eigenvalue weighted by Crippen LogP contribution is 2.29. The van der Waals surface area contributed by atoms with E-state index in [0.29, 0.717) is 6.04 Å². The average molecular weight is 449 g/mol. The summed E-state index contributed by atoms with van der Waals surface area (Å²) < 4.78 is 0. The number of aryl methyl sites for hydroxylation is 2. The normalized spacial score (nSPS) is 20.2. The van der Waals surface area contributed by atoms with Gasteiger partial charge in [-0.1, -0.05) is 0 Å². The van der Waals surface area contributed by atoms with Crippen molar-refractivity contribution in [3.05, 3.63) is 15.6 Å². The van der Waals surface area contributed by atoms with Crippen LogP contribution in [0.2, 0.25) is 0 Å². The van der Waals surface area contributed by atoms with Crippen LogP contribution in [0, 0.1) is 13.8 Å². The molecule has 0 radical (unpaired) electrons. The molecular weight excluding hydrogens is 421 g/mol. The fourth-order valence-corrected chi connectivity index (χ4v) is 3.88. The number of aromatic nitrogens is 1. The molecule has 3 rings (SSSR count). The molecular formula is C16H28IN5S. The maximum Gasteiger partial charge on any atom is 0.191 e. The summed E-state index contributed by atoms with van der Waals surface area (Å²) in [5, 5.41) is 8.09. The number of nitrogens with zero attached hydrogens (tertiary/aromatic N) is 3. The predicted octanol–water partition coefficient (Wildman–Crippen LogP) is 2.67. The van der Waals surface area contributed by atoms with E-state index in [1.165, 1.54) is 43.6 Å². The van der Waals surface area contributed by atoms with E-state index in [0.717, 1.165) is 29.2 Å². The Labute approximate surface area is 160 Å². The SMILES string of the molecule is CN=C(NCc1nc(C)c(C)s1)NC1CCN(C2CC2)CC1.I. The van der Waals surface area contributed by atoms with Crippen LogP contribution in [0.25, 0.3) is 0 Å². The van der Waals surface area contributed by atoms with Gasteiger partial charge in [0.15, 0.2) is 5.96 Å². The van der Waals surface area contributed by atoms with Crippen LogP contribution in [0.1, 0.15) is 41.3 Å². The van der Waals surface area contributed by atoms with Crippen molar-refractivity contribution < 1.29 is 0 Å². The van der Waals surface area contributed by atoms with Crippen molar-refractivity contribution in [3.8, 4) is 0 Å². The summed E-state index contributed by atoms with van der Waals surface area (Å²) in [6.45, 7) is 7.39. The molecule has 0 unspecified atom stereocenters. The number of halogens is 1. The van der Waals surface area contributed by atoms with E-state index in [1.54, 1.807) is 11.3 Å². The van der Waals surface area contributed by atoms with Crippen LogP contribution in [-0.2, 0) is 6.54 Å². The van der Waals surface area contributed by atoms with Gasteiger partial charge in [0.05, 0.1) is 12.2 Å². The summed E-state index contributed by atoms with van der Waals surface area (Å²) >= 11 is 1.76. The summed E-state index contributed by atoms with van der Waals surface area (Å²) in [6.07, 6.45) is 5.25. The number of hydrogen-bond acceptors (Lipinski definition) is 4. The molecule has 0 atom stereocenters. The lowest BCUT2D eigenvalue weighted by atomic mass is 10.1. The molecule has 1 saturated carbocycles. The molecule has 2 fully saturated rings. The van der Waals surface area contributed by atoms with Gasteiger partial charge in [0.25, 0.3) is 0 Å². The lowest BCUT2D eigenvalue weighted by Crippen LogP contribution is -2.48. The Morgan fingerprint density at radius 1 is 1.26 bits per heavy atom. The average Bonchev–Trinajstić information content (AvgIpc) is 3.31. The van der Waals surface area contributed by atoms with Gasteiger partial charge in [-0.15, -0.1) is 35.3 Å². The third-order valence-corrected chi connectivity index (χ3v) is 5.71. The van der Waals surface area contributed by atoms with Crippen LogP contribution in [0.4, 0.5) is 0 Å². The van der Waals surface area contributed by atoms with Gasteiger partial charge in [0.1, 0.15) is 5.01 Å². The number of likely N-dealkylation sites (tertiary alicyclic amines) is 1. The maximum absolute atomic E-state index is 4.57. The van der Waals surface area contributed by atoms with Crippen LogP contribution in [0.3, 0.4) is 0 Å². The smallest absolute Gasteiger partial charge is 0.191 e. The summed E-state index contributed by atoms with van der Waals surface area (Å²) in [6, 6.07) is 1.44. The van der Waals surface area contributed by atoms with Crippen molar-refractivity contribution in [2.24, 2.45) is 4.99 Å². The largest absolute Gasteiger partial charge is 0.354 e. The van der Waals surface area contributed by atoms with Gasteiger partial charge < -0.3 is 15.5 Å². The van der Waals surface area contributed by atoms with Crippen LogP contribution in [0.15, 0.2) is 4.99 Å². The molecule has 23 heavy (non-hydrogen) atoms. The summed E-state index contributed by atoms with van der Waals surface area (Å²) in [7, 11) is 1.84. The number of rotatable bonds is 4. The van der Waals surface area contributed by atoms with Gasteiger partial charge in [-0.25, -0.2) is 4.98 Å². The molecule has 1 saturated heterocycles. The number of nitrogens with one attached hydrogen (secondary N) is 2. The Bertz CT molecular complexity index is 513. The highest BCUT2D eigenvalue weighted by Gasteiger charge is 2.31. The number of piperidine rings is 1. The van der Waals surface area contributed by atoms with Gasteiger partial charge in [0, 0.05) is 37.1 Å². The zero-order valence-electron chi connectivity index (χ0n) is 14.3. The quantitative estimate of drug-likeness (QED) is 0.422. The number of thiazole rings is 1. The summed E-state index contributed by atoms with van der Waals surface area (Å²) in [5.41, 5.74) is 1.14. The molecule has 130 valence electrons. The van der Waals surface area contributed by atoms with Crippen molar-refractivity contribution in [2.75, 3.05) is 20.1 Å². The fourth-order valence-electron chi connectivity index (χ4n) is 3.01. The molecule has 7 heteroatoms. The number of guanidine groups is 1. The Balaban J connectivity index is 0.00000192. The van der Waals surface area contributed by atoms with Crippen LogP contribution in [-0.4, -0.2) is 48.1 Å². The van der Waals surface area contributed by atoms with Crippen molar-refractivity contribution in [1.82, 2.24) is 20.5 Å². The molecule has 0 amide bonds. The minimum Gasteiger partial charge on any atom is -0.354 e. The van der Waals surface area contributed by atoms with E-state index in [1.807, 2.05) is 7.05 Å². The lowest BCUT2D eigenvalue weighted by molar-refractivity contribution is 0.197. The Kier molecular flexibility index (Phi) is 7.09. The van der Waals surface area contributed by atoms with E-state index >= 15 is 0 Å². The van der Waals surface area contributed by atoms with E-state index in [9.17, 15) is 0 Å². The second-order valence-electron chi connectivity index (χ2n) is 6.36. The number of aliphatic imine (C=N–C) groups is 1. The van der Waals surface area contributed by atoms with Gasteiger partial charge in [-0.3, -0.25) is 4.99 Å². The highest BCUT2D eigenvalue weighted by molar-refractivity contribution is 14.0. The third-order valence-electron chi connectivity index (χ3n) is 4.64. The minimum atomic E-state index is 0. The predicted molar refractivity (Wildman–Crippen MR) is 108 cm³/mol. The second kappa shape index (κ2) is 8.62. The first kappa shape index (κ1) is 18.9. The molecule has 5 nitrogen and oxygen atoms in total. The third kappa shape index (κ3) is 5.29. The monoisotopic (exact) mass is 449 g/mol. The zero-order valence-corrected chi connectivity index (χ0v) is 17.4. The van der Waals surface area contributed by atoms with Crippen LogP contribution in [0.5, 0.6) is 0 Å². The molecule has 0 aromatic carbocycles. The maximum atomic E-state index is 4.57. The summed E-state index contributed by atoms with van der Waals surface area (Å²) in [4.78, 5) is 12.9. The first-order valence-corrected chi connectivity index (χ1v) is 9.11. The first-order valence-electron chi connectivity index (χ1n) is 8.30. The molecule has 0 bridgehead atoms. The molecule has 1 aromatic rings. The number of hydrogen-bond donors (Lipinski definition) is 2. The lowest BCUT2D eigenvalue weighted by Gasteiger charge is -2.33. The fraction of sp³-hybridized carbons (Fsp3) is 0.750. The Hall–Kier alpha value is -0.410. The van der Waals surface area contributed by atoms with Crippen LogP contribution >= 0.6 is 35.3 Å². The molecule has 1 aliphatic heterocycles. The van der Waals surface area contributed by atoms with Crippen molar-refractivity contribution in [2.45, 2.75) is 58.2 Å². The van der Waals surface area contributed by atoms with E-state index < -0.39 is 0 Å². The van der Waals surface area contributed by atoms with E-state index in [2.05, 4.69) is 39.4 Å². The van der Waals surface area contributed by atoms with Crippen molar-refractivity contribution in [3.63, 3.8) is 0 Å². The van der Waals surface area contributed by atoms with Gasteiger partial charge >= 0.3 is 0 Å². The van der Waals surface area contributed by atoms with E-state index in [4.69, 9.17) is 0 Å². The molecule has 0 spiro atoms. The van der Waals surface area contributed by atoms with E-state index in [-0.39, 0.29) is 24.0 Å². The van der Waals surface area contributed by atoms with Crippen LogP contribution < -0.4 is 10.6 Å². The molecule has 1 aromatic heterocycles. The Morgan fingerprint density at radius 2 is 1.96 bits per heavy atom. The van der Waals surface area contributed by atoms with Gasteiger partial charge in [-0.2, -0.15) is 0 Å². The molecule has 2 N–H and O–H groups in total. The van der Waals surface area contributed by atoms with Crippen molar-refractivity contribution in [1.29, 1.82) is 0 Å². The van der Waals surface area contributed by atoms with Gasteiger partial charge in [0.2, 0.25) is 0 Å². The zero-order chi connectivity index (χ0) is 15.5. The molecule has 1 aliphatic carbocycles. The topological polar surface area (TPSA) is 52.6 Å².